The summed E-state index contributed by atoms with van der Waals surface area (Å²) in [5.41, 5.74) is 1.66. The zero-order chi connectivity index (χ0) is 28.5. The third-order valence-electron chi connectivity index (χ3n) is 5.61. The lowest BCUT2D eigenvalue weighted by atomic mass is 10.1. The van der Waals surface area contributed by atoms with E-state index in [2.05, 4.69) is 33.9 Å². The van der Waals surface area contributed by atoms with Crippen molar-refractivity contribution in [3.05, 3.63) is 94.9 Å². The number of nitrogens with zero attached hydrogens (tertiary/aromatic N) is 1. The SMILES string of the molecule is CNCCC1=CC=C(OC)CC=C1.COc1cc2c(cc1OC)=C(O/C=C/C=C(\C=C\F)NC(C)=O)CCN=2. The second-order valence-corrected chi connectivity index (χ2v) is 8.36. The number of carbonyl (C=O) groups is 1. The number of nitrogens with one attached hydrogen (secondary N) is 2. The van der Waals surface area contributed by atoms with Crippen LogP contribution in [-0.4, -0.2) is 47.4 Å². The molecule has 1 aliphatic carbocycles. The fraction of sp³-hybridized carbons (Fsp3) is 0.333. The molecule has 0 radical (unpaired) electrons. The lowest BCUT2D eigenvalue weighted by molar-refractivity contribution is -0.118. The fourth-order valence-electron chi connectivity index (χ4n) is 3.67. The van der Waals surface area contributed by atoms with Gasteiger partial charge in [-0.3, -0.25) is 9.79 Å². The zero-order valence-electron chi connectivity index (χ0n) is 23.3. The molecule has 8 nitrogen and oxygen atoms in total. The van der Waals surface area contributed by atoms with E-state index in [1.165, 1.54) is 24.8 Å². The van der Waals surface area contributed by atoms with Crippen LogP contribution in [0, 0.1) is 0 Å². The topological polar surface area (TPSA) is 90.4 Å². The quantitative estimate of drug-likeness (QED) is 0.328. The van der Waals surface area contributed by atoms with Crippen LogP contribution in [0.3, 0.4) is 0 Å². The molecular formula is C30H38FN3O5. The molecule has 1 heterocycles. The predicted octanol–water partition coefficient (Wildman–Crippen LogP) is 3.88. The lowest BCUT2D eigenvalue weighted by Gasteiger charge is -2.13. The van der Waals surface area contributed by atoms with Gasteiger partial charge in [0, 0.05) is 43.3 Å². The Kier molecular flexibility index (Phi) is 13.9. The van der Waals surface area contributed by atoms with Crippen molar-refractivity contribution >= 4 is 11.7 Å². The summed E-state index contributed by atoms with van der Waals surface area (Å²) in [5.74, 6) is 2.67. The molecule has 1 amide bonds. The van der Waals surface area contributed by atoms with Gasteiger partial charge in [0.1, 0.15) is 5.76 Å². The first-order valence-corrected chi connectivity index (χ1v) is 12.6. The Bertz CT molecular complexity index is 1280. The maximum absolute atomic E-state index is 12.3. The molecule has 0 spiro atoms. The standard InChI is InChI=1S/C19H21FN2O4.C11H17NO/c1-13(23)22-14(6-8-20)5-4-10-26-17-7-9-21-16-12-19(25-3)18(24-2)11-15(16)17;1-12-9-8-10-4-3-5-11(13-2)7-6-10/h4-6,8,10-12H,7,9H2,1-3H3,(H,22,23);3-4,6-7,12H,5,8-9H2,1-2H3/b8-6+,10-4+,14-5+;. The normalized spacial score (nSPS) is 14.8. The van der Waals surface area contributed by atoms with Gasteiger partial charge in [-0.2, -0.15) is 0 Å². The van der Waals surface area contributed by atoms with Gasteiger partial charge in [0.05, 0.1) is 45.0 Å². The molecule has 2 N–H and O–H groups in total. The average Bonchev–Trinajstić information content (AvgIpc) is 3.18. The summed E-state index contributed by atoms with van der Waals surface area (Å²) in [6, 6.07) is 3.63. The van der Waals surface area contributed by atoms with Gasteiger partial charge >= 0.3 is 0 Å². The Labute approximate surface area is 229 Å². The van der Waals surface area contributed by atoms with E-state index in [1.54, 1.807) is 33.5 Å². The molecule has 0 unspecified atom stereocenters. The maximum Gasteiger partial charge on any atom is 0.221 e. The maximum atomic E-state index is 12.3. The highest BCUT2D eigenvalue weighted by Gasteiger charge is 2.11. The Morgan fingerprint density at radius 2 is 1.90 bits per heavy atom. The van der Waals surface area contributed by atoms with E-state index in [-0.39, 0.29) is 5.91 Å². The molecule has 1 aromatic carbocycles. The van der Waals surface area contributed by atoms with Gasteiger partial charge in [-0.1, -0.05) is 18.2 Å². The molecule has 3 rings (SSSR count). The highest BCUT2D eigenvalue weighted by Crippen LogP contribution is 2.23. The molecule has 0 atom stereocenters. The van der Waals surface area contributed by atoms with Crippen molar-refractivity contribution in [1.82, 2.24) is 10.6 Å². The van der Waals surface area contributed by atoms with Crippen molar-refractivity contribution in [2.24, 2.45) is 4.99 Å². The number of methoxy groups -OCH3 is 3. The van der Waals surface area contributed by atoms with Gasteiger partial charge in [0.15, 0.2) is 11.5 Å². The smallest absolute Gasteiger partial charge is 0.221 e. The Morgan fingerprint density at radius 1 is 1.13 bits per heavy atom. The third kappa shape index (κ3) is 10.6. The number of hydrogen-bond acceptors (Lipinski definition) is 7. The van der Waals surface area contributed by atoms with Gasteiger partial charge in [-0.25, -0.2) is 4.39 Å². The van der Waals surface area contributed by atoms with Crippen LogP contribution in [-0.2, 0) is 14.3 Å². The number of carbonyl (C=O) groups excluding carboxylic acids is 1. The number of allylic oxidation sites excluding steroid dienone is 7. The van der Waals surface area contributed by atoms with E-state index in [9.17, 15) is 9.18 Å². The summed E-state index contributed by atoms with van der Waals surface area (Å²) in [5, 5.41) is 7.23. The molecule has 39 heavy (non-hydrogen) atoms. The van der Waals surface area contributed by atoms with Crippen LogP contribution >= 0.6 is 0 Å². The number of ether oxygens (including phenoxy) is 4. The van der Waals surface area contributed by atoms with Crippen molar-refractivity contribution in [3.63, 3.8) is 0 Å². The van der Waals surface area contributed by atoms with E-state index in [0.717, 1.165) is 47.6 Å². The second kappa shape index (κ2) is 17.4. The highest BCUT2D eigenvalue weighted by molar-refractivity contribution is 5.75. The largest absolute Gasteiger partial charge is 0.501 e. The molecular weight excluding hydrogens is 501 g/mol. The summed E-state index contributed by atoms with van der Waals surface area (Å²) in [6.07, 6.45) is 17.2. The van der Waals surface area contributed by atoms with E-state index in [0.29, 0.717) is 36.5 Å². The molecule has 1 aliphatic heterocycles. The fourth-order valence-corrected chi connectivity index (χ4v) is 3.67. The number of halogens is 1. The van der Waals surface area contributed by atoms with Crippen LogP contribution in [0.25, 0.3) is 5.76 Å². The number of rotatable bonds is 11. The van der Waals surface area contributed by atoms with Crippen LogP contribution in [0.4, 0.5) is 4.39 Å². The van der Waals surface area contributed by atoms with E-state index < -0.39 is 0 Å². The summed E-state index contributed by atoms with van der Waals surface area (Å²) in [7, 11) is 6.82. The van der Waals surface area contributed by atoms with Crippen molar-refractivity contribution in [3.8, 4) is 11.5 Å². The summed E-state index contributed by atoms with van der Waals surface area (Å²) in [6.45, 7) is 2.97. The minimum absolute atomic E-state index is 0.290. The molecule has 9 heteroatoms. The molecule has 0 fully saturated rings. The lowest BCUT2D eigenvalue weighted by Crippen LogP contribution is -2.31. The number of amides is 1. The minimum Gasteiger partial charge on any atom is -0.501 e. The van der Waals surface area contributed by atoms with Crippen LogP contribution in [0.5, 0.6) is 11.5 Å². The second-order valence-electron chi connectivity index (χ2n) is 8.36. The van der Waals surface area contributed by atoms with E-state index >= 15 is 0 Å². The van der Waals surface area contributed by atoms with Crippen molar-refractivity contribution < 1.29 is 28.1 Å². The molecule has 0 saturated heterocycles. The first-order chi connectivity index (χ1) is 18.9. The molecule has 2 aliphatic rings. The Balaban J connectivity index is 0.000000344. The Hall–Kier alpha value is -4.11. The highest BCUT2D eigenvalue weighted by atomic mass is 19.1. The monoisotopic (exact) mass is 539 g/mol. The Morgan fingerprint density at radius 3 is 2.56 bits per heavy atom. The first kappa shape index (κ1) is 31.1. The minimum atomic E-state index is -0.290. The van der Waals surface area contributed by atoms with Gasteiger partial charge < -0.3 is 29.6 Å². The van der Waals surface area contributed by atoms with Gasteiger partial charge in [0.25, 0.3) is 0 Å². The molecule has 210 valence electrons. The van der Waals surface area contributed by atoms with Crippen LogP contribution in [0.15, 0.2) is 89.3 Å². The van der Waals surface area contributed by atoms with E-state index in [1.807, 2.05) is 19.2 Å². The van der Waals surface area contributed by atoms with Crippen molar-refractivity contribution in [2.45, 2.75) is 26.2 Å². The third-order valence-corrected chi connectivity index (χ3v) is 5.61. The van der Waals surface area contributed by atoms with Crippen LogP contribution < -0.4 is 30.7 Å². The van der Waals surface area contributed by atoms with Crippen LogP contribution in [0.1, 0.15) is 26.2 Å². The summed E-state index contributed by atoms with van der Waals surface area (Å²) in [4.78, 5) is 15.5. The predicted molar refractivity (Wildman–Crippen MR) is 151 cm³/mol. The van der Waals surface area contributed by atoms with Gasteiger partial charge in [-0.15, -0.1) is 0 Å². The first-order valence-electron chi connectivity index (χ1n) is 12.6. The number of hydrogen-bond donors (Lipinski definition) is 2. The molecule has 0 aromatic heterocycles. The van der Waals surface area contributed by atoms with Crippen LogP contribution in [0.2, 0.25) is 0 Å². The summed E-state index contributed by atoms with van der Waals surface area (Å²) < 4.78 is 33.8. The molecule has 1 aromatic rings. The van der Waals surface area contributed by atoms with Crippen molar-refractivity contribution in [1.29, 1.82) is 0 Å². The van der Waals surface area contributed by atoms with Gasteiger partial charge in [-0.05, 0) is 56.0 Å². The number of fused-ring (bicyclic) bond motifs is 1. The molecule has 0 bridgehead atoms. The van der Waals surface area contributed by atoms with Gasteiger partial charge in [0.2, 0.25) is 5.91 Å². The number of benzene rings is 1. The average molecular weight is 540 g/mol. The summed E-state index contributed by atoms with van der Waals surface area (Å²) >= 11 is 0. The van der Waals surface area contributed by atoms with E-state index in [4.69, 9.17) is 18.9 Å². The van der Waals surface area contributed by atoms with Crippen molar-refractivity contribution in [2.75, 3.05) is 41.5 Å². The zero-order valence-corrected chi connectivity index (χ0v) is 23.3. The molecule has 0 saturated carbocycles.